The third kappa shape index (κ3) is 2.81. The van der Waals surface area contributed by atoms with Gasteiger partial charge in [-0.05, 0) is 37.6 Å². The minimum Gasteiger partial charge on any atom is -0.325 e. The molecule has 0 aromatic heterocycles. The molecule has 0 bridgehead atoms. The van der Waals surface area contributed by atoms with Gasteiger partial charge < -0.3 is 10.6 Å². The summed E-state index contributed by atoms with van der Waals surface area (Å²) in [5.41, 5.74) is -0.516. The lowest BCUT2D eigenvalue weighted by molar-refractivity contribution is -0.117. The van der Waals surface area contributed by atoms with Gasteiger partial charge in [-0.3, -0.25) is 4.79 Å². The number of alkyl halides is 2. The van der Waals surface area contributed by atoms with Crippen LogP contribution < -0.4 is 10.6 Å². The molecule has 0 radical (unpaired) electrons. The van der Waals surface area contributed by atoms with Gasteiger partial charge in [0.2, 0.25) is 5.91 Å². The normalized spacial score (nSPS) is 19.2. The fourth-order valence-electron chi connectivity index (χ4n) is 1.93. The molecule has 2 N–H and O–H groups in total. The Kier molecular flexibility index (Phi) is 3.86. The smallest absolute Gasteiger partial charge is 0.266 e. The highest BCUT2D eigenvalue weighted by molar-refractivity contribution is 5.95. The lowest BCUT2D eigenvalue weighted by atomic mass is 10.1. The van der Waals surface area contributed by atoms with E-state index in [2.05, 4.69) is 10.6 Å². The molecule has 0 saturated carbocycles. The van der Waals surface area contributed by atoms with Crippen molar-refractivity contribution in [2.45, 2.75) is 25.3 Å². The van der Waals surface area contributed by atoms with Gasteiger partial charge >= 0.3 is 0 Å². The van der Waals surface area contributed by atoms with Crippen molar-refractivity contribution in [2.24, 2.45) is 0 Å². The predicted molar refractivity (Wildman–Crippen MR) is 61.0 cm³/mol. The summed E-state index contributed by atoms with van der Waals surface area (Å²) in [5.74, 6) is -1.25. The Hall–Kier alpha value is -1.56. The Morgan fingerprint density at radius 3 is 2.83 bits per heavy atom. The second kappa shape index (κ2) is 5.39. The summed E-state index contributed by atoms with van der Waals surface area (Å²) in [6.45, 7) is 0.768. The molecule has 1 aromatic rings. The summed E-state index contributed by atoms with van der Waals surface area (Å²) >= 11 is 0. The van der Waals surface area contributed by atoms with Crippen LogP contribution in [-0.2, 0) is 4.79 Å². The highest BCUT2D eigenvalue weighted by Gasteiger charge is 2.22. The number of carbonyl (C=O) groups is 1. The van der Waals surface area contributed by atoms with Crippen molar-refractivity contribution in [1.82, 2.24) is 5.32 Å². The maximum atomic E-state index is 13.1. The van der Waals surface area contributed by atoms with E-state index in [9.17, 15) is 18.0 Å². The van der Waals surface area contributed by atoms with Gasteiger partial charge in [0, 0.05) is 5.69 Å². The van der Waals surface area contributed by atoms with Gasteiger partial charge in [-0.15, -0.1) is 0 Å². The quantitative estimate of drug-likeness (QED) is 0.874. The number of rotatable bonds is 3. The molecule has 1 amide bonds. The van der Waals surface area contributed by atoms with E-state index in [4.69, 9.17) is 0 Å². The molecule has 18 heavy (non-hydrogen) atoms. The van der Waals surface area contributed by atoms with Gasteiger partial charge in [0.25, 0.3) is 6.43 Å². The van der Waals surface area contributed by atoms with E-state index in [0.717, 1.165) is 25.1 Å². The van der Waals surface area contributed by atoms with Crippen molar-refractivity contribution >= 4 is 11.6 Å². The molecule has 3 nitrogen and oxygen atoms in total. The molecule has 1 aromatic carbocycles. The summed E-state index contributed by atoms with van der Waals surface area (Å²) in [6.07, 6.45) is -1.27. The Morgan fingerprint density at radius 1 is 1.44 bits per heavy atom. The highest BCUT2D eigenvalue weighted by atomic mass is 19.3. The first kappa shape index (κ1) is 12.9. The first-order valence-corrected chi connectivity index (χ1v) is 5.70. The number of anilines is 1. The van der Waals surface area contributed by atoms with Crippen molar-refractivity contribution in [1.29, 1.82) is 0 Å². The maximum Gasteiger partial charge on any atom is 0.266 e. The summed E-state index contributed by atoms with van der Waals surface area (Å²) in [5, 5.41) is 5.50. The zero-order chi connectivity index (χ0) is 13.1. The van der Waals surface area contributed by atoms with E-state index in [-0.39, 0.29) is 17.6 Å². The van der Waals surface area contributed by atoms with Crippen LogP contribution >= 0.6 is 0 Å². The molecule has 0 aliphatic carbocycles. The van der Waals surface area contributed by atoms with Crippen molar-refractivity contribution in [2.75, 3.05) is 11.9 Å². The average molecular weight is 258 g/mol. The SMILES string of the molecule is O=C(Nc1ccc(F)c(C(F)F)c1)[C@@H]1CCCN1. The number of nitrogens with one attached hydrogen (secondary N) is 2. The zero-order valence-corrected chi connectivity index (χ0v) is 9.55. The van der Waals surface area contributed by atoms with Crippen LogP contribution in [0.2, 0.25) is 0 Å². The molecule has 2 rings (SSSR count). The largest absolute Gasteiger partial charge is 0.325 e. The minimum atomic E-state index is -2.90. The van der Waals surface area contributed by atoms with E-state index < -0.39 is 17.8 Å². The number of benzene rings is 1. The molecule has 0 spiro atoms. The second-order valence-electron chi connectivity index (χ2n) is 4.18. The number of hydrogen-bond acceptors (Lipinski definition) is 2. The molecular weight excluding hydrogens is 245 g/mol. The van der Waals surface area contributed by atoms with E-state index in [1.165, 1.54) is 6.07 Å². The van der Waals surface area contributed by atoms with Gasteiger partial charge in [-0.25, -0.2) is 13.2 Å². The Bertz CT molecular complexity index is 445. The van der Waals surface area contributed by atoms with E-state index in [0.29, 0.717) is 6.42 Å². The lowest BCUT2D eigenvalue weighted by Crippen LogP contribution is -2.35. The van der Waals surface area contributed by atoms with Crippen LogP contribution in [0.5, 0.6) is 0 Å². The molecule has 1 saturated heterocycles. The molecule has 1 heterocycles. The topological polar surface area (TPSA) is 41.1 Å². The van der Waals surface area contributed by atoms with Crippen LogP contribution in [0, 0.1) is 5.82 Å². The summed E-state index contributed by atoms with van der Waals surface area (Å²) in [6, 6.07) is 2.87. The van der Waals surface area contributed by atoms with Crippen LogP contribution in [0.3, 0.4) is 0 Å². The molecule has 1 aliphatic rings. The van der Waals surface area contributed by atoms with Crippen molar-refractivity contribution in [3.8, 4) is 0 Å². The first-order valence-electron chi connectivity index (χ1n) is 5.70. The Labute approximate surface area is 102 Å². The molecule has 1 fully saturated rings. The van der Waals surface area contributed by atoms with Gasteiger partial charge in [0.15, 0.2) is 0 Å². The average Bonchev–Trinajstić information content (AvgIpc) is 2.85. The highest BCUT2D eigenvalue weighted by Crippen LogP contribution is 2.25. The number of amides is 1. The second-order valence-corrected chi connectivity index (χ2v) is 4.18. The van der Waals surface area contributed by atoms with E-state index >= 15 is 0 Å². The van der Waals surface area contributed by atoms with Crippen LogP contribution in [0.15, 0.2) is 18.2 Å². The molecule has 98 valence electrons. The Balaban J connectivity index is 2.09. The zero-order valence-electron chi connectivity index (χ0n) is 9.55. The van der Waals surface area contributed by atoms with E-state index in [1.54, 1.807) is 0 Å². The monoisotopic (exact) mass is 258 g/mol. The number of halogens is 3. The van der Waals surface area contributed by atoms with Crippen molar-refractivity contribution in [3.05, 3.63) is 29.6 Å². The molecule has 1 aliphatic heterocycles. The fourth-order valence-corrected chi connectivity index (χ4v) is 1.93. The Morgan fingerprint density at radius 2 is 2.22 bits per heavy atom. The van der Waals surface area contributed by atoms with Gasteiger partial charge in [-0.2, -0.15) is 0 Å². The summed E-state index contributed by atoms with van der Waals surface area (Å²) in [4.78, 5) is 11.7. The predicted octanol–water partition coefficient (Wildman–Crippen LogP) is 2.45. The summed E-state index contributed by atoms with van der Waals surface area (Å²) in [7, 11) is 0. The summed E-state index contributed by atoms with van der Waals surface area (Å²) < 4.78 is 38.0. The van der Waals surface area contributed by atoms with Crippen LogP contribution in [-0.4, -0.2) is 18.5 Å². The molecule has 1 atom stereocenters. The van der Waals surface area contributed by atoms with Gasteiger partial charge in [0.05, 0.1) is 11.6 Å². The third-order valence-electron chi connectivity index (χ3n) is 2.88. The van der Waals surface area contributed by atoms with Gasteiger partial charge in [-0.1, -0.05) is 0 Å². The van der Waals surface area contributed by atoms with Crippen LogP contribution in [0.4, 0.5) is 18.9 Å². The third-order valence-corrected chi connectivity index (χ3v) is 2.88. The standard InChI is InChI=1S/C12H13F3N2O/c13-9-4-3-7(6-8(9)11(14)15)17-12(18)10-2-1-5-16-10/h3-4,6,10-11,16H,1-2,5H2,(H,17,18)/t10-/m0/s1. The number of carbonyl (C=O) groups excluding carboxylic acids is 1. The van der Waals surface area contributed by atoms with Crippen molar-refractivity contribution < 1.29 is 18.0 Å². The van der Waals surface area contributed by atoms with E-state index in [1.807, 2.05) is 0 Å². The fraction of sp³-hybridized carbons (Fsp3) is 0.417. The minimum absolute atomic E-state index is 0.186. The maximum absolute atomic E-state index is 13.1. The van der Waals surface area contributed by atoms with Gasteiger partial charge in [0.1, 0.15) is 5.82 Å². The van der Waals surface area contributed by atoms with Crippen LogP contribution in [0.25, 0.3) is 0 Å². The van der Waals surface area contributed by atoms with Crippen molar-refractivity contribution in [3.63, 3.8) is 0 Å². The first-order chi connectivity index (χ1) is 8.58. The molecule has 6 heteroatoms. The lowest BCUT2D eigenvalue weighted by Gasteiger charge is -2.12. The molecular formula is C12H13F3N2O. The van der Waals surface area contributed by atoms with Crippen LogP contribution in [0.1, 0.15) is 24.8 Å². The molecule has 0 unspecified atom stereocenters. The number of hydrogen-bond donors (Lipinski definition) is 2.